The summed E-state index contributed by atoms with van der Waals surface area (Å²) < 4.78 is 0. The number of hydrogen-bond acceptors (Lipinski definition) is 2. The minimum atomic E-state index is 0.804. The van der Waals surface area contributed by atoms with Gasteiger partial charge in [0.15, 0.2) is 0 Å². The standard InChI is InChI=1S/C11H22N2/c1-13(7-6-12)8-11-9-4-2-3-5-10(9)11/h9-11H,2-8,12H2,1H3. The zero-order chi connectivity index (χ0) is 9.26. The first-order chi connectivity index (χ1) is 6.33. The maximum absolute atomic E-state index is 5.53. The van der Waals surface area contributed by atoms with E-state index in [-0.39, 0.29) is 0 Å². The second-order valence-corrected chi connectivity index (χ2v) is 4.83. The van der Waals surface area contributed by atoms with Crippen molar-refractivity contribution in [2.75, 3.05) is 26.7 Å². The zero-order valence-electron chi connectivity index (χ0n) is 8.71. The van der Waals surface area contributed by atoms with Gasteiger partial charge < -0.3 is 10.6 Å². The molecule has 0 aliphatic heterocycles. The summed E-state index contributed by atoms with van der Waals surface area (Å²) in [4.78, 5) is 2.41. The number of hydrogen-bond donors (Lipinski definition) is 1. The molecule has 2 heteroatoms. The lowest BCUT2D eigenvalue weighted by Crippen LogP contribution is -2.27. The first kappa shape index (κ1) is 9.47. The molecule has 76 valence electrons. The Bertz CT molecular complexity index is 157. The van der Waals surface area contributed by atoms with Crippen LogP contribution in [0.15, 0.2) is 0 Å². The Labute approximate surface area is 81.5 Å². The van der Waals surface area contributed by atoms with Crippen molar-refractivity contribution < 1.29 is 0 Å². The summed E-state index contributed by atoms with van der Waals surface area (Å²) in [6.07, 6.45) is 5.98. The van der Waals surface area contributed by atoms with E-state index >= 15 is 0 Å². The van der Waals surface area contributed by atoms with Gasteiger partial charge in [0, 0.05) is 19.6 Å². The van der Waals surface area contributed by atoms with Gasteiger partial charge in [-0.1, -0.05) is 12.8 Å². The first-order valence-corrected chi connectivity index (χ1v) is 5.71. The van der Waals surface area contributed by atoms with E-state index in [1.165, 1.54) is 32.2 Å². The first-order valence-electron chi connectivity index (χ1n) is 5.71. The maximum atomic E-state index is 5.53. The second kappa shape index (κ2) is 3.97. The number of nitrogens with zero attached hydrogens (tertiary/aromatic N) is 1. The molecule has 2 nitrogen and oxygen atoms in total. The van der Waals surface area contributed by atoms with Crippen LogP contribution in [0.1, 0.15) is 25.7 Å². The van der Waals surface area contributed by atoms with Crippen LogP contribution in [0.4, 0.5) is 0 Å². The average molecular weight is 182 g/mol. The van der Waals surface area contributed by atoms with Crippen molar-refractivity contribution in [1.29, 1.82) is 0 Å². The normalized spacial score (nSPS) is 37.6. The Morgan fingerprint density at radius 3 is 2.38 bits per heavy atom. The molecule has 13 heavy (non-hydrogen) atoms. The molecule has 0 spiro atoms. The molecule has 2 aliphatic carbocycles. The van der Waals surface area contributed by atoms with Crippen molar-refractivity contribution in [3.63, 3.8) is 0 Å². The van der Waals surface area contributed by atoms with Gasteiger partial charge in [0.25, 0.3) is 0 Å². The third kappa shape index (κ3) is 2.05. The van der Waals surface area contributed by atoms with Gasteiger partial charge >= 0.3 is 0 Å². The molecule has 0 aromatic carbocycles. The van der Waals surface area contributed by atoms with Crippen LogP contribution < -0.4 is 5.73 Å². The van der Waals surface area contributed by atoms with E-state index in [2.05, 4.69) is 11.9 Å². The molecule has 2 atom stereocenters. The molecule has 2 unspecified atom stereocenters. The van der Waals surface area contributed by atoms with Crippen LogP contribution in [0, 0.1) is 17.8 Å². The van der Waals surface area contributed by atoms with Crippen LogP contribution in [0.3, 0.4) is 0 Å². The SMILES string of the molecule is CN(CCN)CC1C2CCCCC21. The molecule has 0 saturated heterocycles. The Kier molecular flexibility index (Phi) is 2.89. The minimum Gasteiger partial charge on any atom is -0.329 e. The van der Waals surface area contributed by atoms with Crippen LogP contribution >= 0.6 is 0 Å². The fraction of sp³-hybridized carbons (Fsp3) is 1.00. The highest BCUT2D eigenvalue weighted by Crippen LogP contribution is 2.55. The average Bonchev–Trinajstić information content (AvgIpc) is 2.80. The van der Waals surface area contributed by atoms with Crippen LogP contribution in [0.25, 0.3) is 0 Å². The summed E-state index contributed by atoms with van der Waals surface area (Å²) in [6, 6.07) is 0. The molecule has 0 radical (unpaired) electrons. The Morgan fingerprint density at radius 1 is 1.23 bits per heavy atom. The minimum absolute atomic E-state index is 0.804. The molecule has 0 aromatic rings. The van der Waals surface area contributed by atoms with Gasteiger partial charge in [-0.25, -0.2) is 0 Å². The lowest BCUT2D eigenvalue weighted by molar-refractivity contribution is 0.317. The van der Waals surface area contributed by atoms with Gasteiger partial charge in [-0.05, 0) is 37.6 Å². The second-order valence-electron chi connectivity index (χ2n) is 4.83. The van der Waals surface area contributed by atoms with E-state index in [4.69, 9.17) is 5.73 Å². The predicted molar refractivity (Wildman–Crippen MR) is 55.5 cm³/mol. The highest BCUT2D eigenvalue weighted by molar-refractivity contribution is 4.99. The molecule has 2 rings (SSSR count). The summed E-state index contributed by atoms with van der Waals surface area (Å²) in [5, 5.41) is 0. The van der Waals surface area contributed by atoms with E-state index in [1.54, 1.807) is 0 Å². The van der Waals surface area contributed by atoms with Crippen molar-refractivity contribution in [3.8, 4) is 0 Å². The number of likely N-dealkylation sites (N-methyl/N-ethyl adjacent to an activating group) is 1. The van der Waals surface area contributed by atoms with Crippen LogP contribution in [-0.2, 0) is 0 Å². The van der Waals surface area contributed by atoms with Gasteiger partial charge in [-0.15, -0.1) is 0 Å². The Morgan fingerprint density at radius 2 is 1.85 bits per heavy atom. The van der Waals surface area contributed by atoms with E-state index in [0.717, 1.165) is 30.8 Å². The van der Waals surface area contributed by atoms with Crippen LogP contribution in [-0.4, -0.2) is 31.6 Å². The number of rotatable bonds is 4. The van der Waals surface area contributed by atoms with Crippen molar-refractivity contribution in [3.05, 3.63) is 0 Å². The van der Waals surface area contributed by atoms with E-state index < -0.39 is 0 Å². The summed E-state index contributed by atoms with van der Waals surface area (Å²) in [5.41, 5.74) is 5.53. The summed E-state index contributed by atoms with van der Waals surface area (Å²) in [6.45, 7) is 3.17. The van der Waals surface area contributed by atoms with Gasteiger partial charge in [0.2, 0.25) is 0 Å². The molecule has 2 fully saturated rings. The lowest BCUT2D eigenvalue weighted by Gasteiger charge is -2.14. The van der Waals surface area contributed by atoms with Gasteiger partial charge in [-0.3, -0.25) is 0 Å². The van der Waals surface area contributed by atoms with Gasteiger partial charge in [-0.2, -0.15) is 0 Å². The largest absolute Gasteiger partial charge is 0.329 e. The maximum Gasteiger partial charge on any atom is 0.0102 e. The summed E-state index contributed by atoms with van der Waals surface area (Å²) >= 11 is 0. The van der Waals surface area contributed by atoms with E-state index in [1.807, 2.05) is 0 Å². The lowest BCUT2D eigenvalue weighted by atomic mass is 10.0. The Balaban J connectivity index is 1.72. The topological polar surface area (TPSA) is 29.3 Å². The third-order valence-corrected chi connectivity index (χ3v) is 3.87. The molecular weight excluding hydrogens is 160 g/mol. The molecule has 2 saturated carbocycles. The summed E-state index contributed by atoms with van der Waals surface area (Å²) in [7, 11) is 2.21. The van der Waals surface area contributed by atoms with Crippen molar-refractivity contribution >= 4 is 0 Å². The highest BCUT2D eigenvalue weighted by Gasteiger charge is 2.50. The smallest absolute Gasteiger partial charge is 0.0102 e. The molecule has 0 bridgehead atoms. The molecule has 0 amide bonds. The molecule has 2 aliphatic rings. The van der Waals surface area contributed by atoms with Crippen molar-refractivity contribution in [1.82, 2.24) is 4.90 Å². The molecule has 0 aromatic heterocycles. The van der Waals surface area contributed by atoms with E-state index in [9.17, 15) is 0 Å². The van der Waals surface area contributed by atoms with E-state index in [0.29, 0.717) is 0 Å². The predicted octanol–water partition coefficient (Wildman–Crippen LogP) is 1.31. The third-order valence-electron chi connectivity index (χ3n) is 3.87. The van der Waals surface area contributed by atoms with Crippen molar-refractivity contribution in [2.24, 2.45) is 23.5 Å². The zero-order valence-corrected chi connectivity index (χ0v) is 8.71. The number of fused-ring (bicyclic) bond motifs is 1. The van der Waals surface area contributed by atoms with Gasteiger partial charge in [0.1, 0.15) is 0 Å². The molecule has 2 N–H and O–H groups in total. The summed E-state index contributed by atoms with van der Waals surface area (Å²) in [5.74, 6) is 3.21. The molecule has 0 heterocycles. The fourth-order valence-corrected chi connectivity index (χ4v) is 3.08. The quantitative estimate of drug-likeness (QED) is 0.710. The van der Waals surface area contributed by atoms with Crippen LogP contribution in [0.5, 0.6) is 0 Å². The van der Waals surface area contributed by atoms with Gasteiger partial charge in [0.05, 0.1) is 0 Å². The number of nitrogens with two attached hydrogens (primary N) is 1. The van der Waals surface area contributed by atoms with Crippen LogP contribution in [0.2, 0.25) is 0 Å². The van der Waals surface area contributed by atoms with Crippen molar-refractivity contribution in [2.45, 2.75) is 25.7 Å². The fourth-order valence-electron chi connectivity index (χ4n) is 3.08. The Hall–Kier alpha value is -0.0800. The monoisotopic (exact) mass is 182 g/mol. The highest BCUT2D eigenvalue weighted by atomic mass is 15.1. The molecular formula is C11H22N2.